The van der Waals surface area contributed by atoms with Gasteiger partial charge in [-0.15, -0.1) is 0 Å². The molecule has 0 saturated carbocycles. The van der Waals surface area contributed by atoms with E-state index in [-0.39, 0.29) is 25.2 Å². The Morgan fingerprint density at radius 1 is 0.889 bits per heavy atom. The molecule has 3 aliphatic rings. The predicted octanol–water partition coefficient (Wildman–Crippen LogP) is 0.145. The average molecular weight is 773 g/mol. The molecule has 15 nitrogen and oxygen atoms in total. The second kappa shape index (κ2) is 21.4. The maximum absolute atomic E-state index is 13.6. The summed E-state index contributed by atoms with van der Waals surface area (Å²) in [5.41, 5.74) is 0.703. The summed E-state index contributed by atoms with van der Waals surface area (Å²) >= 11 is 0. The van der Waals surface area contributed by atoms with Gasteiger partial charge in [0.05, 0.1) is 51.5 Å². The van der Waals surface area contributed by atoms with Gasteiger partial charge in [0.2, 0.25) is 0 Å². The van der Waals surface area contributed by atoms with Crippen LogP contribution in [0.1, 0.15) is 67.2 Å². The number of carbonyl (C=O) groups excluding carboxylic acids is 3. The summed E-state index contributed by atoms with van der Waals surface area (Å²) < 4.78 is 41.7. The molecule has 310 valence electrons. The van der Waals surface area contributed by atoms with Crippen molar-refractivity contribution in [3.8, 4) is 0 Å². The molecule has 0 amide bonds. The van der Waals surface area contributed by atoms with Gasteiger partial charge >= 0.3 is 5.97 Å². The number of allylic oxidation sites excluding steroid dienone is 3. The number of cyclic esters (lactones) is 1. The maximum Gasteiger partial charge on any atom is 0.308 e. The Kier molecular flexibility index (Phi) is 18.3. The highest BCUT2D eigenvalue weighted by molar-refractivity contribution is 5.91. The molecule has 0 aromatic rings. The summed E-state index contributed by atoms with van der Waals surface area (Å²) in [4.78, 5) is 39.9. The zero-order chi connectivity index (χ0) is 40.4. The summed E-state index contributed by atoms with van der Waals surface area (Å²) in [5, 5.41) is 44.3. The Labute approximate surface area is 319 Å². The minimum atomic E-state index is -1.31. The van der Waals surface area contributed by atoms with Crippen LogP contribution in [0, 0.1) is 23.7 Å². The Balaban J connectivity index is 1.96. The standard InChI is InChI=1S/C39H65NO14/c1-11-29-26(19-50-39-37(49-10)36(48-9)33(46)24(6)52-39)16-20(2)12-13-27(42)21(3)17-25(14-15-41)35(22(4)28(43)18-30(44)53-29)54-38-34(47)31(40(7)8)32(45)23(5)51-38/h12-13,15-16,21-26,28-29,31-39,43,45-47H,11,14,17-19H2,1-10H3/p+1/b13-12+,20-16+/t21-,22+,23-,24-,25+,26-,28-,29-,31+,32-,33-,34-,35-,36-,37-,38+,39-/m1/s1. The molecule has 0 aliphatic carbocycles. The fourth-order valence-corrected chi connectivity index (χ4v) is 7.85. The molecular weight excluding hydrogens is 706 g/mol. The number of aliphatic hydroxyl groups is 4. The summed E-state index contributed by atoms with van der Waals surface area (Å²) in [6, 6.07) is -0.657. The summed E-state index contributed by atoms with van der Waals surface area (Å²) in [5.74, 6) is -3.35. The molecule has 0 bridgehead atoms. The minimum absolute atomic E-state index is 0.0137. The van der Waals surface area contributed by atoms with Crippen LogP contribution in [0.2, 0.25) is 0 Å². The van der Waals surface area contributed by atoms with Crippen molar-refractivity contribution in [3.05, 3.63) is 23.8 Å². The monoisotopic (exact) mass is 772 g/mol. The zero-order valence-electron chi connectivity index (χ0n) is 33.5. The van der Waals surface area contributed by atoms with Crippen LogP contribution in [0.3, 0.4) is 0 Å². The number of nitrogens with one attached hydrogen (secondary N) is 1. The SMILES string of the molecule is CC[C@H]1OC(=O)C[C@@H](O)[C@H](C)[C@@H](O[C@@H]2O[C@H](C)[C@@H](O)[C@H]([NH+](C)C)[C@H]2O)[C@@H](CC=O)C[C@@H](C)C(=O)/C=C/C(C)=C/[C@@H]1CO[C@@H]1O[C@H](C)[C@@H](O)[C@@H](OC)[C@H]1OC. The van der Waals surface area contributed by atoms with Gasteiger partial charge in [0.15, 0.2) is 24.5 Å². The van der Waals surface area contributed by atoms with E-state index in [0.29, 0.717) is 12.0 Å². The Hall–Kier alpha value is -2.15. The normalized spacial score (nSPS) is 43.6. The number of carbonyl (C=O) groups is 3. The molecule has 0 aromatic heterocycles. The van der Waals surface area contributed by atoms with E-state index in [1.807, 2.05) is 19.9 Å². The van der Waals surface area contributed by atoms with E-state index in [2.05, 4.69) is 0 Å². The first-order valence-corrected chi connectivity index (χ1v) is 19.2. The van der Waals surface area contributed by atoms with Crippen molar-refractivity contribution in [2.45, 2.75) is 147 Å². The van der Waals surface area contributed by atoms with Crippen molar-refractivity contribution in [2.75, 3.05) is 34.9 Å². The maximum atomic E-state index is 13.6. The highest BCUT2D eigenvalue weighted by Crippen LogP contribution is 2.34. The van der Waals surface area contributed by atoms with Crippen LogP contribution in [-0.4, -0.2) is 153 Å². The molecule has 0 spiro atoms. The minimum Gasteiger partial charge on any atom is -0.462 e. The highest BCUT2D eigenvalue weighted by Gasteiger charge is 2.50. The fourth-order valence-electron chi connectivity index (χ4n) is 7.85. The summed E-state index contributed by atoms with van der Waals surface area (Å²) in [6.45, 7) is 10.5. The van der Waals surface area contributed by atoms with Crippen molar-refractivity contribution < 1.29 is 72.9 Å². The number of ketones is 1. The molecule has 0 radical (unpaired) electrons. The lowest BCUT2D eigenvalue weighted by Gasteiger charge is -2.45. The number of rotatable bonds is 11. The van der Waals surface area contributed by atoms with E-state index in [4.69, 9.17) is 33.2 Å². The van der Waals surface area contributed by atoms with Gasteiger partial charge in [-0.25, -0.2) is 0 Å². The molecular formula is C39H66NO14+. The topological polar surface area (TPSA) is 201 Å². The quantitative estimate of drug-likeness (QED) is 0.140. The van der Waals surface area contributed by atoms with Crippen molar-refractivity contribution in [2.24, 2.45) is 23.7 Å². The van der Waals surface area contributed by atoms with E-state index < -0.39 is 116 Å². The molecule has 15 heteroatoms. The van der Waals surface area contributed by atoms with Crippen molar-refractivity contribution in [1.29, 1.82) is 0 Å². The lowest BCUT2D eigenvalue weighted by molar-refractivity contribution is -0.897. The number of esters is 1. The Morgan fingerprint density at radius 3 is 2.11 bits per heavy atom. The molecule has 0 aromatic carbocycles. The smallest absolute Gasteiger partial charge is 0.308 e. The van der Waals surface area contributed by atoms with E-state index >= 15 is 0 Å². The molecule has 3 aliphatic heterocycles. The number of hydrogen-bond donors (Lipinski definition) is 5. The van der Waals surface area contributed by atoms with Gasteiger partial charge in [-0.3, -0.25) is 9.59 Å². The van der Waals surface area contributed by atoms with Crippen LogP contribution in [0.5, 0.6) is 0 Å². The van der Waals surface area contributed by atoms with E-state index in [0.717, 1.165) is 11.2 Å². The molecule has 2 fully saturated rings. The van der Waals surface area contributed by atoms with E-state index in [9.17, 15) is 34.8 Å². The first kappa shape index (κ1) is 46.2. The third-order valence-electron chi connectivity index (χ3n) is 11.2. The van der Waals surface area contributed by atoms with Crippen molar-refractivity contribution in [3.63, 3.8) is 0 Å². The highest BCUT2D eigenvalue weighted by atomic mass is 16.7. The van der Waals surface area contributed by atoms with Crippen LogP contribution in [-0.2, 0) is 47.5 Å². The van der Waals surface area contributed by atoms with Gasteiger partial charge in [-0.1, -0.05) is 38.5 Å². The zero-order valence-corrected chi connectivity index (χ0v) is 33.5. The number of hydrogen-bond acceptors (Lipinski definition) is 14. The Bertz CT molecular complexity index is 1260. The van der Waals surface area contributed by atoms with Crippen LogP contribution >= 0.6 is 0 Å². The van der Waals surface area contributed by atoms with Gasteiger partial charge < -0.3 is 63.3 Å². The molecule has 3 heterocycles. The average Bonchev–Trinajstić information content (AvgIpc) is 3.12. The first-order chi connectivity index (χ1) is 25.5. The fraction of sp³-hybridized carbons (Fsp3) is 0.821. The first-order valence-electron chi connectivity index (χ1n) is 19.2. The largest absolute Gasteiger partial charge is 0.462 e. The number of ether oxygens (including phenoxy) is 7. The molecule has 0 unspecified atom stereocenters. The summed E-state index contributed by atoms with van der Waals surface area (Å²) in [7, 11) is 6.53. The third-order valence-corrected chi connectivity index (χ3v) is 11.2. The predicted molar refractivity (Wildman–Crippen MR) is 195 cm³/mol. The second-order valence-electron chi connectivity index (χ2n) is 15.5. The molecule has 5 N–H and O–H groups in total. The number of aliphatic hydroxyl groups excluding tert-OH is 4. The molecule has 3 rings (SSSR count). The number of methoxy groups -OCH3 is 2. The molecule has 54 heavy (non-hydrogen) atoms. The van der Waals surface area contributed by atoms with Gasteiger partial charge in [0, 0.05) is 38.4 Å². The van der Waals surface area contributed by atoms with Gasteiger partial charge in [-0.05, 0) is 45.6 Å². The van der Waals surface area contributed by atoms with Gasteiger partial charge in [0.1, 0.15) is 42.8 Å². The van der Waals surface area contributed by atoms with Crippen molar-refractivity contribution in [1.82, 2.24) is 0 Å². The molecule has 2 saturated heterocycles. The second-order valence-corrected chi connectivity index (χ2v) is 15.5. The lowest BCUT2D eigenvalue weighted by atomic mass is 9.79. The van der Waals surface area contributed by atoms with Crippen LogP contribution in [0.4, 0.5) is 0 Å². The lowest BCUT2D eigenvalue weighted by Crippen LogP contribution is -3.14. The third kappa shape index (κ3) is 11.7. The van der Waals surface area contributed by atoms with Crippen LogP contribution in [0.15, 0.2) is 23.8 Å². The van der Waals surface area contributed by atoms with Crippen molar-refractivity contribution >= 4 is 18.0 Å². The number of aldehydes is 1. The van der Waals surface area contributed by atoms with E-state index in [1.54, 1.807) is 47.9 Å². The van der Waals surface area contributed by atoms with Crippen LogP contribution in [0.25, 0.3) is 0 Å². The van der Waals surface area contributed by atoms with Gasteiger partial charge in [-0.2, -0.15) is 0 Å². The van der Waals surface area contributed by atoms with Crippen LogP contribution < -0.4 is 4.90 Å². The van der Waals surface area contributed by atoms with E-state index in [1.165, 1.54) is 20.3 Å². The van der Waals surface area contributed by atoms with Gasteiger partial charge in [0.25, 0.3) is 0 Å². The molecule has 17 atom stereocenters. The summed E-state index contributed by atoms with van der Waals surface area (Å²) in [6.07, 6.45) is -5.20. The number of quaternary nitrogens is 1. The number of likely N-dealkylation sites (N-methyl/N-ethyl adjacent to an activating group) is 1. The Morgan fingerprint density at radius 2 is 1.52 bits per heavy atom.